The molecule has 1 aliphatic heterocycles. The quantitative estimate of drug-likeness (QED) is 0.573. The van der Waals surface area contributed by atoms with Crippen molar-refractivity contribution in [3.8, 4) is 23.0 Å². The highest BCUT2D eigenvalue weighted by Crippen LogP contribution is 2.44. The number of rotatable bonds is 6. The summed E-state index contributed by atoms with van der Waals surface area (Å²) in [5.74, 6) is 1.01. The van der Waals surface area contributed by atoms with E-state index >= 15 is 0 Å². The SMILES string of the molecule is COc1cc(O)c(C2CC(=O)c3ccc(O)c(CC=C(C)C)c3O2)cc1CC=C(C)C. The molecule has 0 aliphatic carbocycles. The van der Waals surface area contributed by atoms with E-state index in [9.17, 15) is 15.0 Å². The van der Waals surface area contributed by atoms with Gasteiger partial charge in [-0.3, -0.25) is 4.79 Å². The third-order valence-electron chi connectivity index (χ3n) is 5.39. The normalized spacial score (nSPS) is 15.0. The number of phenolic OH excluding ortho intramolecular Hbond substituents is 2. The van der Waals surface area contributed by atoms with E-state index in [0.717, 1.165) is 11.1 Å². The van der Waals surface area contributed by atoms with Crippen LogP contribution in [0, 0.1) is 0 Å². The number of Topliss-reactive ketones (excluding diaryl/α,β-unsaturated/α-hetero) is 1. The Morgan fingerprint density at radius 3 is 2.39 bits per heavy atom. The molecule has 1 heterocycles. The summed E-state index contributed by atoms with van der Waals surface area (Å²) in [4.78, 5) is 12.9. The topological polar surface area (TPSA) is 76.0 Å². The van der Waals surface area contributed by atoms with Crippen LogP contribution in [-0.4, -0.2) is 23.1 Å². The summed E-state index contributed by atoms with van der Waals surface area (Å²) in [5, 5.41) is 21.1. The van der Waals surface area contributed by atoms with Crippen molar-refractivity contribution >= 4 is 5.78 Å². The minimum Gasteiger partial charge on any atom is -0.508 e. The number of fused-ring (bicyclic) bond motifs is 1. The number of benzene rings is 2. The molecule has 0 radical (unpaired) electrons. The Bertz CT molecular complexity index is 1050. The molecular weight excluding hydrogens is 392 g/mol. The Morgan fingerprint density at radius 1 is 1.06 bits per heavy atom. The molecule has 31 heavy (non-hydrogen) atoms. The molecule has 2 aromatic rings. The number of aromatic hydroxyl groups is 2. The third kappa shape index (κ3) is 4.93. The van der Waals surface area contributed by atoms with Crippen molar-refractivity contribution in [2.24, 2.45) is 0 Å². The number of allylic oxidation sites excluding steroid dienone is 4. The van der Waals surface area contributed by atoms with Gasteiger partial charge in [0.1, 0.15) is 29.1 Å². The largest absolute Gasteiger partial charge is 0.508 e. The lowest BCUT2D eigenvalue weighted by Crippen LogP contribution is -2.22. The van der Waals surface area contributed by atoms with Crippen LogP contribution in [0.25, 0.3) is 0 Å². The molecule has 0 aromatic heterocycles. The van der Waals surface area contributed by atoms with Crippen molar-refractivity contribution < 1.29 is 24.5 Å². The molecule has 2 N–H and O–H groups in total. The Morgan fingerprint density at radius 2 is 1.74 bits per heavy atom. The molecule has 0 amide bonds. The van der Waals surface area contributed by atoms with E-state index in [4.69, 9.17) is 9.47 Å². The molecule has 0 saturated heterocycles. The van der Waals surface area contributed by atoms with Gasteiger partial charge >= 0.3 is 0 Å². The zero-order chi connectivity index (χ0) is 22.7. The van der Waals surface area contributed by atoms with E-state index < -0.39 is 6.10 Å². The number of hydrogen-bond donors (Lipinski definition) is 2. The van der Waals surface area contributed by atoms with Crippen molar-refractivity contribution in [3.63, 3.8) is 0 Å². The van der Waals surface area contributed by atoms with Crippen LogP contribution in [0.2, 0.25) is 0 Å². The minimum absolute atomic E-state index is 0.0186. The smallest absolute Gasteiger partial charge is 0.170 e. The number of carbonyl (C=O) groups excluding carboxylic acids is 1. The number of carbonyl (C=O) groups is 1. The average molecular weight is 423 g/mol. The van der Waals surface area contributed by atoms with Crippen LogP contribution in [0.1, 0.15) is 67.3 Å². The first-order valence-electron chi connectivity index (χ1n) is 10.4. The molecule has 1 atom stereocenters. The fourth-order valence-electron chi connectivity index (χ4n) is 3.67. The third-order valence-corrected chi connectivity index (χ3v) is 5.39. The van der Waals surface area contributed by atoms with E-state index in [1.54, 1.807) is 19.2 Å². The van der Waals surface area contributed by atoms with Gasteiger partial charge in [-0.1, -0.05) is 23.3 Å². The van der Waals surface area contributed by atoms with Crippen molar-refractivity contribution in [1.82, 2.24) is 0 Å². The highest BCUT2D eigenvalue weighted by atomic mass is 16.5. The second-order valence-corrected chi connectivity index (χ2v) is 8.37. The van der Waals surface area contributed by atoms with Crippen molar-refractivity contribution in [2.45, 2.75) is 53.1 Å². The lowest BCUT2D eigenvalue weighted by Gasteiger charge is -2.28. The van der Waals surface area contributed by atoms with Gasteiger partial charge in [0.2, 0.25) is 0 Å². The average Bonchev–Trinajstić information content (AvgIpc) is 2.71. The Hall–Kier alpha value is -3.21. The first-order valence-corrected chi connectivity index (χ1v) is 10.4. The molecular formula is C26H30O5. The lowest BCUT2D eigenvalue weighted by atomic mass is 9.91. The minimum atomic E-state index is -0.649. The van der Waals surface area contributed by atoms with Gasteiger partial charge in [0.15, 0.2) is 5.78 Å². The number of phenols is 2. The Kier molecular flexibility index (Phi) is 6.74. The maximum absolute atomic E-state index is 12.9. The van der Waals surface area contributed by atoms with E-state index in [-0.39, 0.29) is 23.7 Å². The molecule has 5 nitrogen and oxygen atoms in total. The fraction of sp³-hybridized carbons (Fsp3) is 0.346. The standard InChI is InChI=1S/C26H30O5/c1-15(2)6-8-17-12-20(23(29)13-24(17)30-5)25-14-22(28)19-10-11-21(27)18(26(19)31-25)9-7-16(3)4/h6-7,10-13,25,27,29H,8-9,14H2,1-5H3. The predicted octanol–water partition coefficient (Wildman–Crippen LogP) is 5.83. The Labute approximate surface area is 183 Å². The maximum atomic E-state index is 12.9. The van der Waals surface area contributed by atoms with Gasteiger partial charge in [-0.2, -0.15) is 0 Å². The predicted molar refractivity (Wildman–Crippen MR) is 121 cm³/mol. The summed E-state index contributed by atoms with van der Waals surface area (Å²) in [7, 11) is 1.57. The molecule has 5 heteroatoms. The van der Waals surface area contributed by atoms with E-state index in [1.807, 2.05) is 39.8 Å². The summed E-state index contributed by atoms with van der Waals surface area (Å²) in [6.07, 6.45) is 4.62. The van der Waals surface area contributed by atoms with Crippen LogP contribution in [0.5, 0.6) is 23.0 Å². The van der Waals surface area contributed by atoms with Crippen LogP contribution in [0.4, 0.5) is 0 Å². The number of ether oxygens (including phenoxy) is 2. The van der Waals surface area contributed by atoms with Crippen molar-refractivity contribution in [2.75, 3.05) is 7.11 Å². The van der Waals surface area contributed by atoms with E-state index in [0.29, 0.717) is 41.0 Å². The molecule has 1 unspecified atom stereocenters. The zero-order valence-electron chi connectivity index (χ0n) is 18.8. The molecule has 2 aromatic carbocycles. The number of hydrogen-bond acceptors (Lipinski definition) is 5. The summed E-state index contributed by atoms with van der Waals surface area (Å²) in [6.45, 7) is 8.00. The monoisotopic (exact) mass is 422 g/mol. The maximum Gasteiger partial charge on any atom is 0.170 e. The molecule has 0 saturated carbocycles. The van der Waals surface area contributed by atoms with Crippen LogP contribution in [0.15, 0.2) is 47.6 Å². The van der Waals surface area contributed by atoms with Crippen LogP contribution in [0.3, 0.4) is 0 Å². The van der Waals surface area contributed by atoms with E-state index in [1.165, 1.54) is 11.6 Å². The second kappa shape index (κ2) is 9.29. The van der Waals surface area contributed by atoms with Gasteiger partial charge < -0.3 is 19.7 Å². The van der Waals surface area contributed by atoms with Gasteiger partial charge in [-0.05, 0) is 64.3 Å². The summed E-state index contributed by atoms with van der Waals surface area (Å²) < 4.78 is 11.7. The molecule has 1 aliphatic rings. The molecule has 0 spiro atoms. The van der Waals surface area contributed by atoms with Gasteiger partial charge in [0.25, 0.3) is 0 Å². The fourth-order valence-corrected chi connectivity index (χ4v) is 3.67. The lowest BCUT2D eigenvalue weighted by molar-refractivity contribution is 0.0844. The van der Waals surface area contributed by atoms with Crippen molar-refractivity contribution in [3.05, 3.63) is 69.8 Å². The van der Waals surface area contributed by atoms with Gasteiger partial charge in [0, 0.05) is 17.2 Å². The van der Waals surface area contributed by atoms with Crippen LogP contribution in [-0.2, 0) is 12.8 Å². The Balaban J connectivity index is 2.05. The second-order valence-electron chi connectivity index (χ2n) is 8.37. The van der Waals surface area contributed by atoms with Crippen LogP contribution < -0.4 is 9.47 Å². The highest BCUT2D eigenvalue weighted by Gasteiger charge is 2.32. The number of ketones is 1. The zero-order valence-corrected chi connectivity index (χ0v) is 18.8. The summed E-state index contributed by atoms with van der Waals surface area (Å²) in [6, 6.07) is 6.55. The summed E-state index contributed by atoms with van der Waals surface area (Å²) >= 11 is 0. The summed E-state index contributed by atoms with van der Waals surface area (Å²) in [5.41, 5.74) is 4.76. The first-order chi connectivity index (χ1) is 14.7. The number of methoxy groups -OCH3 is 1. The van der Waals surface area contributed by atoms with E-state index in [2.05, 4.69) is 6.08 Å². The van der Waals surface area contributed by atoms with Crippen molar-refractivity contribution in [1.29, 1.82) is 0 Å². The highest BCUT2D eigenvalue weighted by molar-refractivity contribution is 6.00. The van der Waals surface area contributed by atoms with Gasteiger partial charge in [-0.25, -0.2) is 0 Å². The van der Waals surface area contributed by atoms with Crippen LogP contribution >= 0.6 is 0 Å². The molecule has 164 valence electrons. The van der Waals surface area contributed by atoms with Gasteiger partial charge in [0.05, 0.1) is 19.1 Å². The molecule has 0 fully saturated rings. The molecule has 3 rings (SSSR count). The molecule has 0 bridgehead atoms. The van der Waals surface area contributed by atoms with Gasteiger partial charge in [-0.15, -0.1) is 0 Å². The first kappa shape index (κ1) is 22.5.